The lowest BCUT2D eigenvalue weighted by molar-refractivity contribution is -0.385. The number of hydrogen-bond donors (Lipinski definition) is 0. The Kier molecular flexibility index (Phi) is 4.75. The second kappa shape index (κ2) is 6.35. The van der Waals surface area contributed by atoms with Gasteiger partial charge in [0.2, 0.25) is 0 Å². The zero-order chi connectivity index (χ0) is 14.7. The van der Waals surface area contributed by atoms with Gasteiger partial charge in [0, 0.05) is 35.1 Å². The molecule has 1 saturated heterocycles. The van der Waals surface area contributed by atoms with Gasteiger partial charge in [0.15, 0.2) is 0 Å². The molecule has 0 aromatic heterocycles. The first kappa shape index (κ1) is 15.0. The number of piperidine rings is 1. The number of hydrogen-bond acceptors (Lipinski definition) is 3. The van der Waals surface area contributed by atoms with Crippen LogP contribution in [0, 0.1) is 17.0 Å². The van der Waals surface area contributed by atoms with Gasteiger partial charge in [-0.15, -0.1) is 0 Å². The quantitative estimate of drug-likeness (QED) is 0.481. The minimum atomic E-state index is -0.440. The Labute approximate surface area is 126 Å². The number of carbonyl (C=O) groups excluding carboxylic acids is 1. The van der Waals surface area contributed by atoms with Gasteiger partial charge in [0.05, 0.1) is 4.92 Å². The Hall–Kier alpha value is -1.43. The molecule has 1 heterocycles. The Morgan fingerprint density at radius 1 is 1.50 bits per heavy atom. The molecule has 1 amide bonds. The molecule has 0 bridgehead atoms. The molecule has 5 nitrogen and oxygen atoms in total. The fraction of sp³-hybridized carbons (Fsp3) is 0.500. The highest BCUT2D eigenvalue weighted by atomic mass is 79.9. The van der Waals surface area contributed by atoms with Crippen molar-refractivity contribution in [1.29, 1.82) is 0 Å². The molecule has 0 radical (unpaired) electrons. The van der Waals surface area contributed by atoms with E-state index in [4.69, 9.17) is 0 Å². The molecule has 1 atom stereocenters. The first-order valence-corrected chi connectivity index (χ1v) is 7.79. The van der Waals surface area contributed by atoms with E-state index in [-0.39, 0.29) is 17.6 Å². The Bertz CT molecular complexity index is 533. The van der Waals surface area contributed by atoms with Crippen LogP contribution in [0.4, 0.5) is 5.69 Å². The maximum absolute atomic E-state index is 12.6. The molecule has 108 valence electrons. The second-order valence-electron chi connectivity index (χ2n) is 5.01. The maximum Gasteiger partial charge on any atom is 0.273 e. The van der Waals surface area contributed by atoms with Crippen LogP contribution in [0.5, 0.6) is 0 Å². The highest BCUT2D eigenvalue weighted by molar-refractivity contribution is 9.09. The molecule has 1 unspecified atom stereocenters. The van der Waals surface area contributed by atoms with E-state index in [2.05, 4.69) is 15.9 Å². The van der Waals surface area contributed by atoms with Crippen LogP contribution in [-0.4, -0.2) is 33.6 Å². The topological polar surface area (TPSA) is 63.5 Å². The summed E-state index contributed by atoms with van der Waals surface area (Å²) in [6.07, 6.45) is 3.09. The Balaban J connectivity index is 2.33. The van der Waals surface area contributed by atoms with Gasteiger partial charge in [-0.25, -0.2) is 0 Å². The normalized spacial score (nSPS) is 18.9. The van der Waals surface area contributed by atoms with Gasteiger partial charge in [-0.3, -0.25) is 14.9 Å². The molecule has 1 aliphatic rings. The fourth-order valence-electron chi connectivity index (χ4n) is 2.64. The predicted molar refractivity (Wildman–Crippen MR) is 80.3 cm³/mol. The average molecular weight is 341 g/mol. The lowest BCUT2D eigenvalue weighted by Crippen LogP contribution is -2.44. The molecule has 0 aliphatic carbocycles. The average Bonchev–Trinajstić information content (AvgIpc) is 2.46. The van der Waals surface area contributed by atoms with Crippen molar-refractivity contribution in [2.75, 3.05) is 11.9 Å². The van der Waals surface area contributed by atoms with E-state index in [1.807, 2.05) is 4.90 Å². The van der Waals surface area contributed by atoms with Crippen LogP contribution < -0.4 is 0 Å². The van der Waals surface area contributed by atoms with Crippen LogP contribution in [0.1, 0.15) is 35.2 Å². The molecule has 1 aromatic rings. The van der Waals surface area contributed by atoms with E-state index in [1.165, 1.54) is 6.07 Å². The van der Waals surface area contributed by atoms with Crippen LogP contribution in [0.15, 0.2) is 18.2 Å². The van der Waals surface area contributed by atoms with Crippen molar-refractivity contribution in [3.63, 3.8) is 0 Å². The third-order valence-electron chi connectivity index (χ3n) is 3.80. The molecule has 6 heteroatoms. The minimum Gasteiger partial charge on any atom is -0.335 e. The van der Waals surface area contributed by atoms with Gasteiger partial charge >= 0.3 is 0 Å². The molecule has 1 aromatic carbocycles. The van der Waals surface area contributed by atoms with Gasteiger partial charge in [-0.1, -0.05) is 22.0 Å². The first-order valence-electron chi connectivity index (χ1n) is 6.67. The summed E-state index contributed by atoms with van der Waals surface area (Å²) < 4.78 is 0. The predicted octanol–water partition coefficient (Wildman–Crippen LogP) is 3.29. The largest absolute Gasteiger partial charge is 0.335 e. The van der Waals surface area contributed by atoms with E-state index in [0.29, 0.717) is 11.1 Å². The van der Waals surface area contributed by atoms with Gasteiger partial charge in [0.1, 0.15) is 0 Å². The lowest BCUT2D eigenvalue weighted by Gasteiger charge is -2.35. The smallest absolute Gasteiger partial charge is 0.273 e. The summed E-state index contributed by atoms with van der Waals surface area (Å²) in [7, 11) is 0. The van der Waals surface area contributed by atoms with Gasteiger partial charge < -0.3 is 4.90 Å². The monoisotopic (exact) mass is 340 g/mol. The van der Waals surface area contributed by atoms with Gasteiger partial charge in [-0.2, -0.15) is 0 Å². The standard InChI is InChI=1S/C14H17BrN2O3/c1-10-12(6-4-7-13(10)17(19)20)14(18)16-8-3-2-5-11(16)9-15/h4,6-7,11H,2-3,5,8-9H2,1H3. The van der Waals surface area contributed by atoms with Crippen molar-refractivity contribution in [1.82, 2.24) is 4.90 Å². The van der Waals surface area contributed by atoms with Gasteiger partial charge in [0.25, 0.3) is 11.6 Å². The SMILES string of the molecule is Cc1c(C(=O)N2CCCCC2CBr)cccc1[N+](=O)[O-]. The molecule has 0 spiro atoms. The summed E-state index contributed by atoms with van der Waals surface area (Å²) >= 11 is 3.45. The third kappa shape index (κ3) is 2.85. The van der Waals surface area contributed by atoms with Crippen LogP contribution in [0.2, 0.25) is 0 Å². The van der Waals surface area contributed by atoms with E-state index in [1.54, 1.807) is 19.1 Å². The number of carbonyl (C=O) groups is 1. The number of benzene rings is 1. The Morgan fingerprint density at radius 2 is 2.25 bits per heavy atom. The van der Waals surface area contributed by atoms with E-state index in [9.17, 15) is 14.9 Å². The van der Waals surface area contributed by atoms with E-state index < -0.39 is 4.92 Å². The molecule has 2 rings (SSSR count). The number of nitro groups is 1. The number of likely N-dealkylation sites (tertiary alicyclic amines) is 1. The summed E-state index contributed by atoms with van der Waals surface area (Å²) in [5.74, 6) is -0.102. The highest BCUT2D eigenvalue weighted by Crippen LogP contribution is 2.26. The van der Waals surface area contributed by atoms with Crippen LogP contribution in [-0.2, 0) is 0 Å². The van der Waals surface area contributed by atoms with Crippen molar-refractivity contribution in [2.24, 2.45) is 0 Å². The fourth-order valence-corrected chi connectivity index (χ4v) is 3.31. The molecule has 0 saturated carbocycles. The van der Waals surface area contributed by atoms with Crippen molar-refractivity contribution < 1.29 is 9.72 Å². The van der Waals surface area contributed by atoms with Gasteiger partial charge in [-0.05, 0) is 32.3 Å². The molecular weight excluding hydrogens is 324 g/mol. The number of nitro benzene ring substituents is 1. The molecule has 1 fully saturated rings. The Morgan fingerprint density at radius 3 is 2.90 bits per heavy atom. The molecule has 0 N–H and O–H groups in total. The van der Waals surface area contributed by atoms with Crippen molar-refractivity contribution >= 4 is 27.5 Å². The van der Waals surface area contributed by atoms with Crippen molar-refractivity contribution in [3.8, 4) is 0 Å². The second-order valence-corrected chi connectivity index (χ2v) is 5.66. The summed E-state index contributed by atoms with van der Waals surface area (Å²) in [4.78, 5) is 25.0. The van der Waals surface area contributed by atoms with Crippen LogP contribution >= 0.6 is 15.9 Å². The van der Waals surface area contributed by atoms with Crippen LogP contribution in [0.3, 0.4) is 0 Å². The van der Waals surface area contributed by atoms with Crippen molar-refractivity contribution in [3.05, 3.63) is 39.4 Å². The molecule has 1 aliphatic heterocycles. The minimum absolute atomic E-state index is 0.00301. The maximum atomic E-state index is 12.6. The zero-order valence-corrected chi connectivity index (χ0v) is 12.9. The van der Waals surface area contributed by atoms with Crippen molar-refractivity contribution in [2.45, 2.75) is 32.2 Å². The summed E-state index contributed by atoms with van der Waals surface area (Å²) in [5.41, 5.74) is 0.886. The summed E-state index contributed by atoms with van der Waals surface area (Å²) in [5, 5.41) is 11.7. The van der Waals surface area contributed by atoms with E-state index in [0.717, 1.165) is 31.1 Å². The number of alkyl halides is 1. The number of amides is 1. The van der Waals surface area contributed by atoms with E-state index >= 15 is 0 Å². The number of halogens is 1. The zero-order valence-electron chi connectivity index (χ0n) is 11.3. The first-order chi connectivity index (χ1) is 9.56. The number of rotatable bonds is 3. The number of nitrogens with zero attached hydrogens (tertiary/aromatic N) is 2. The molecule has 20 heavy (non-hydrogen) atoms. The summed E-state index contributed by atoms with van der Waals surface area (Å²) in [6, 6.07) is 4.86. The lowest BCUT2D eigenvalue weighted by atomic mass is 10.00. The van der Waals surface area contributed by atoms with Crippen LogP contribution in [0.25, 0.3) is 0 Å². The highest BCUT2D eigenvalue weighted by Gasteiger charge is 2.29. The summed E-state index contributed by atoms with van der Waals surface area (Å²) in [6.45, 7) is 2.36. The molecular formula is C14H17BrN2O3. The third-order valence-corrected chi connectivity index (χ3v) is 4.55.